The third-order valence-corrected chi connectivity index (χ3v) is 7.20. The van der Waals surface area contributed by atoms with Gasteiger partial charge in [-0.15, -0.1) is 33.2 Å². The largest absolute Gasteiger partial charge is 0.415 e. The van der Waals surface area contributed by atoms with Gasteiger partial charge in [0.2, 0.25) is 0 Å². The highest BCUT2D eigenvalue weighted by molar-refractivity contribution is 7.65. The van der Waals surface area contributed by atoms with Crippen molar-refractivity contribution in [1.82, 2.24) is 4.65 Å². The van der Waals surface area contributed by atoms with Crippen molar-refractivity contribution in [1.29, 1.82) is 0 Å². The Balaban J connectivity index is 3.75. The van der Waals surface area contributed by atoms with Crippen molar-refractivity contribution in [3.8, 4) is 0 Å². The average Bonchev–Trinajstić information content (AvgIpc) is 1.14. The fourth-order valence-electron chi connectivity index (χ4n) is 0.425. The molecular weight excluding hydrogens is 213 g/mol. The molecule has 0 radical (unpaired) electrons. The van der Waals surface area contributed by atoms with Gasteiger partial charge in [-0.2, -0.15) is 0 Å². The quantitative estimate of drug-likeness (QED) is 0.559. The van der Waals surface area contributed by atoms with Crippen molar-refractivity contribution in [2.75, 3.05) is 0 Å². The first-order valence-corrected chi connectivity index (χ1v) is 11.1. The molecule has 56 valence electrons. The lowest BCUT2D eigenvalue weighted by atomic mass is 11.8. The zero-order valence-corrected chi connectivity index (χ0v) is 9.90. The Kier molecular flexibility index (Phi) is 3.55. The van der Waals surface area contributed by atoms with E-state index in [4.69, 9.17) is 33.2 Å². The molecule has 0 heterocycles. The molecule has 1 N–H and O–H groups in total. The lowest BCUT2D eigenvalue weighted by Gasteiger charge is -2.21. The van der Waals surface area contributed by atoms with E-state index in [1.165, 1.54) is 0 Å². The van der Waals surface area contributed by atoms with Crippen molar-refractivity contribution in [3.05, 3.63) is 0 Å². The van der Waals surface area contributed by atoms with E-state index in [9.17, 15) is 0 Å². The van der Waals surface area contributed by atoms with Crippen molar-refractivity contribution in [2.45, 2.75) is 19.6 Å². The molecule has 1 nitrogen and oxygen atoms in total. The van der Waals surface area contributed by atoms with E-state index >= 15 is 0 Å². The molecule has 0 aliphatic rings. The van der Waals surface area contributed by atoms with Gasteiger partial charge in [0.15, 0.2) is 0 Å². The molecule has 0 aromatic carbocycles. The van der Waals surface area contributed by atoms with E-state index in [2.05, 4.69) is 24.3 Å². The average molecular weight is 223 g/mol. The van der Waals surface area contributed by atoms with E-state index in [1.807, 2.05) is 0 Å². The Morgan fingerprint density at radius 3 is 1.33 bits per heavy atom. The number of hydrogen-bond donors (Lipinski definition) is 1. The van der Waals surface area contributed by atoms with Gasteiger partial charge in [-0.25, -0.2) is 0 Å². The maximum absolute atomic E-state index is 5.61. The molecule has 0 saturated heterocycles. The van der Waals surface area contributed by atoms with E-state index in [1.54, 1.807) is 0 Å². The van der Waals surface area contributed by atoms with Crippen LogP contribution in [0, 0.1) is 0 Å². The smallest absolute Gasteiger partial charge is 0.323 e. The Hall–Kier alpha value is 1.26. The van der Waals surface area contributed by atoms with Crippen LogP contribution in [-0.2, 0) is 0 Å². The summed E-state index contributed by atoms with van der Waals surface area (Å²) in [5, 5.41) is 0. The Bertz CT molecular complexity index is 82.2. The fourth-order valence-corrected chi connectivity index (χ4v) is 11.5. The fraction of sp³-hybridized carbons (Fsp3) is 1.00. The van der Waals surface area contributed by atoms with Gasteiger partial charge in [-0.05, 0) is 0 Å². The second-order valence-corrected chi connectivity index (χ2v) is 16.2. The summed E-state index contributed by atoms with van der Waals surface area (Å²) in [4.78, 5) is 0. The molecule has 0 bridgehead atoms. The molecule has 0 fully saturated rings. The highest BCUT2D eigenvalue weighted by atomic mass is 35.8. The van der Waals surface area contributed by atoms with Crippen LogP contribution in [0.3, 0.4) is 0 Å². The number of hydrogen-bond acceptors (Lipinski definition) is 1. The van der Waals surface area contributed by atoms with Crippen LogP contribution in [0.25, 0.3) is 0 Å². The van der Waals surface area contributed by atoms with Gasteiger partial charge >= 0.3 is 6.16 Å². The zero-order valence-electron chi connectivity index (χ0n) is 5.63. The highest BCUT2D eigenvalue weighted by Gasteiger charge is 2.31. The minimum absolute atomic E-state index is 1.38. The van der Waals surface area contributed by atoms with Gasteiger partial charge in [0.05, 0.1) is 0 Å². The molecule has 6 heteroatoms. The third-order valence-electron chi connectivity index (χ3n) is 0.517. The first-order chi connectivity index (χ1) is 3.71. The third kappa shape index (κ3) is 9.26. The van der Waals surface area contributed by atoms with E-state index in [-0.39, 0.29) is 0 Å². The van der Waals surface area contributed by atoms with Crippen molar-refractivity contribution >= 4 is 47.6 Å². The molecule has 0 aliphatic heterocycles. The highest BCUT2D eigenvalue weighted by Crippen LogP contribution is 2.18. The summed E-state index contributed by atoms with van der Waals surface area (Å²) in [6.07, 6.45) is -2.56. The summed E-state index contributed by atoms with van der Waals surface area (Å²) in [6.45, 7) is 6.30. The zero-order chi connectivity index (χ0) is 7.71. The SMILES string of the molecule is C[Si](C)(C)N[Si](Cl)(Cl)Cl. The van der Waals surface area contributed by atoms with Gasteiger partial charge in [-0.3, -0.25) is 0 Å². The van der Waals surface area contributed by atoms with Gasteiger partial charge in [-0.1, -0.05) is 19.6 Å². The molecular formula is C3H10Cl3NSi2. The van der Waals surface area contributed by atoms with Crippen LogP contribution in [0.15, 0.2) is 0 Å². The van der Waals surface area contributed by atoms with Crippen LogP contribution < -0.4 is 4.65 Å². The number of nitrogens with one attached hydrogen (secondary N) is 1. The molecule has 0 aromatic heterocycles. The predicted molar refractivity (Wildman–Crippen MR) is 49.8 cm³/mol. The first-order valence-electron chi connectivity index (χ1n) is 2.57. The van der Waals surface area contributed by atoms with Crippen LogP contribution in [0.5, 0.6) is 0 Å². The van der Waals surface area contributed by atoms with E-state index in [0.717, 1.165) is 0 Å². The Morgan fingerprint density at radius 1 is 1.00 bits per heavy atom. The lowest BCUT2D eigenvalue weighted by Crippen LogP contribution is -2.51. The first kappa shape index (κ1) is 10.3. The topological polar surface area (TPSA) is 12.0 Å². The minimum Gasteiger partial charge on any atom is -0.323 e. The summed E-state index contributed by atoms with van der Waals surface area (Å²) < 4.78 is 3.03. The Labute approximate surface area is 72.0 Å². The van der Waals surface area contributed by atoms with E-state index in [0.29, 0.717) is 0 Å². The summed E-state index contributed by atoms with van der Waals surface area (Å²) in [5.74, 6) is 0. The normalized spacial score (nSPS) is 14.0. The molecule has 0 saturated carbocycles. The van der Waals surface area contributed by atoms with Crippen molar-refractivity contribution in [2.24, 2.45) is 0 Å². The molecule has 0 aromatic rings. The molecule has 0 unspecified atom stereocenters. The Morgan fingerprint density at radius 2 is 1.33 bits per heavy atom. The second-order valence-electron chi connectivity index (χ2n) is 2.87. The maximum Gasteiger partial charge on any atom is 0.415 e. The van der Waals surface area contributed by atoms with Crippen LogP contribution in [0.4, 0.5) is 0 Å². The molecule has 0 rings (SSSR count). The minimum atomic E-state index is -2.56. The van der Waals surface area contributed by atoms with Crippen molar-refractivity contribution < 1.29 is 0 Å². The van der Waals surface area contributed by atoms with E-state index < -0.39 is 14.4 Å². The monoisotopic (exact) mass is 221 g/mol. The lowest BCUT2D eigenvalue weighted by molar-refractivity contribution is 1.41. The molecule has 0 aliphatic carbocycles. The second kappa shape index (κ2) is 3.11. The maximum atomic E-state index is 5.61. The van der Waals surface area contributed by atoms with Crippen LogP contribution >= 0.6 is 33.2 Å². The van der Waals surface area contributed by atoms with Gasteiger partial charge in [0.1, 0.15) is 8.24 Å². The summed E-state index contributed by atoms with van der Waals surface area (Å²) in [5.41, 5.74) is 0. The molecule has 0 amide bonds. The summed E-state index contributed by atoms with van der Waals surface area (Å²) in [6, 6.07) is 0. The standard InChI is InChI=1S/C3H10Cl3NSi2/c1-8(2,3)7-9(4,5)6/h7H,1-3H3. The summed E-state index contributed by atoms with van der Waals surface area (Å²) in [7, 11) is -1.38. The summed E-state index contributed by atoms with van der Waals surface area (Å²) >= 11 is 16.8. The van der Waals surface area contributed by atoms with Crippen LogP contribution in [0.2, 0.25) is 19.6 Å². The van der Waals surface area contributed by atoms with Gasteiger partial charge in [0, 0.05) is 0 Å². The van der Waals surface area contributed by atoms with Gasteiger partial charge < -0.3 is 4.65 Å². The molecule has 9 heavy (non-hydrogen) atoms. The van der Waals surface area contributed by atoms with Gasteiger partial charge in [0.25, 0.3) is 0 Å². The van der Waals surface area contributed by atoms with Crippen LogP contribution in [-0.4, -0.2) is 14.4 Å². The van der Waals surface area contributed by atoms with Crippen LogP contribution in [0.1, 0.15) is 0 Å². The number of halogens is 3. The number of rotatable bonds is 2. The van der Waals surface area contributed by atoms with Crippen molar-refractivity contribution in [3.63, 3.8) is 0 Å². The molecule has 0 spiro atoms. The predicted octanol–water partition coefficient (Wildman–Crippen LogP) is 2.56. The molecule has 0 atom stereocenters.